The molecular weight excluding hydrogens is 483 g/mol. The number of fused-ring (bicyclic) bond motifs is 1. The lowest BCUT2D eigenvalue weighted by atomic mass is 10.1. The van der Waals surface area contributed by atoms with Crippen molar-refractivity contribution in [2.45, 2.75) is 31.2 Å². The van der Waals surface area contributed by atoms with Gasteiger partial charge in [-0.3, -0.25) is 9.10 Å². The molecule has 1 aliphatic rings. The Kier molecular flexibility index (Phi) is 5.61. The van der Waals surface area contributed by atoms with Crippen LogP contribution in [0.4, 0.5) is 15.8 Å². The summed E-state index contributed by atoms with van der Waals surface area (Å²) in [6, 6.07) is 15.7. The van der Waals surface area contributed by atoms with Crippen LogP contribution in [0.2, 0.25) is 0 Å². The van der Waals surface area contributed by atoms with E-state index in [1.54, 1.807) is 48.5 Å². The van der Waals surface area contributed by atoms with Crippen LogP contribution in [-0.2, 0) is 16.4 Å². The number of anilines is 2. The molecule has 1 N–H and O–H groups in total. The Bertz CT molecular complexity index is 1280. The average Bonchev–Trinajstić information content (AvgIpc) is 3.06. The molecule has 31 heavy (non-hydrogen) atoms. The van der Waals surface area contributed by atoms with Crippen molar-refractivity contribution in [1.82, 2.24) is 0 Å². The number of nitrogens with zero attached hydrogens (tertiary/aromatic N) is 1. The van der Waals surface area contributed by atoms with Gasteiger partial charge in [0.15, 0.2) is 0 Å². The van der Waals surface area contributed by atoms with Crippen LogP contribution in [0.15, 0.2) is 70.0 Å². The molecule has 3 aromatic carbocycles. The number of hydrogen-bond donors (Lipinski definition) is 1. The average molecular weight is 503 g/mol. The second-order valence-corrected chi connectivity index (χ2v) is 10.3. The van der Waals surface area contributed by atoms with E-state index >= 15 is 0 Å². The maximum absolute atomic E-state index is 14.0. The van der Waals surface area contributed by atoms with E-state index in [2.05, 4.69) is 21.2 Å². The third-order valence-corrected chi connectivity index (χ3v) is 7.69. The Labute approximate surface area is 189 Å². The van der Waals surface area contributed by atoms with Crippen molar-refractivity contribution in [2.24, 2.45) is 0 Å². The van der Waals surface area contributed by atoms with Crippen LogP contribution < -0.4 is 9.62 Å². The predicted octanol–water partition coefficient (Wildman–Crippen LogP) is 5.29. The van der Waals surface area contributed by atoms with Crippen LogP contribution in [0.5, 0.6) is 0 Å². The second-order valence-electron chi connectivity index (χ2n) is 7.59. The van der Waals surface area contributed by atoms with E-state index in [1.807, 2.05) is 13.8 Å². The molecule has 1 heterocycles. The van der Waals surface area contributed by atoms with Crippen molar-refractivity contribution in [3.05, 3.63) is 87.6 Å². The summed E-state index contributed by atoms with van der Waals surface area (Å²) in [5.41, 5.74) is 2.70. The molecule has 0 saturated heterocycles. The molecule has 1 aliphatic heterocycles. The number of aryl methyl sites for hydroxylation is 1. The lowest BCUT2D eigenvalue weighted by Gasteiger charge is -2.24. The third-order valence-electron chi connectivity index (χ3n) is 5.25. The highest BCUT2D eigenvalue weighted by molar-refractivity contribution is 9.10. The molecule has 0 radical (unpaired) electrons. The fourth-order valence-electron chi connectivity index (χ4n) is 3.72. The summed E-state index contributed by atoms with van der Waals surface area (Å²) in [5.74, 6) is -1.01. The van der Waals surface area contributed by atoms with Gasteiger partial charge in [-0.1, -0.05) is 33.6 Å². The number of sulfonamides is 1. The Hall–Kier alpha value is -2.71. The van der Waals surface area contributed by atoms with Crippen LogP contribution >= 0.6 is 15.9 Å². The topological polar surface area (TPSA) is 66.5 Å². The van der Waals surface area contributed by atoms with Crippen molar-refractivity contribution in [3.63, 3.8) is 0 Å². The number of hydrogen-bond acceptors (Lipinski definition) is 3. The van der Waals surface area contributed by atoms with E-state index in [0.29, 0.717) is 22.1 Å². The zero-order valence-electron chi connectivity index (χ0n) is 16.9. The van der Waals surface area contributed by atoms with Gasteiger partial charge in [0.2, 0.25) is 0 Å². The lowest BCUT2D eigenvalue weighted by molar-refractivity contribution is 0.102. The van der Waals surface area contributed by atoms with Gasteiger partial charge in [-0.2, -0.15) is 0 Å². The molecule has 0 fully saturated rings. The quantitative estimate of drug-likeness (QED) is 0.527. The summed E-state index contributed by atoms with van der Waals surface area (Å²) < 4.78 is 42.5. The molecule has 1 atom stereocenters. The zero-order valence-corrected chi connectivity index (χ0v) is 19.3. The molecule has 0 bridgehead atoms. The smallest absolute Gasteiger partial charge is 0.264 e. The van der Waals surface area contributed by atoms with Gasteiger partial charge in [0.05, 0.1) is 16.3 Å². The second kappa shape index (κ2) is 8.09. The van der Waals surface area contributed by atoms with Gasteiger partial charge in [0.1, 0.15) is 5.82 Å². The van der Waals surface area contributed by atoms with Gasteiger partial charge in [-0.05, 0) is 74.4 Å². The SMILES string of the molecule is Cc1ccc(S(=O)(=O)N2c3ccc(C(=O)Nc4ccc(Br)cc4F)cc3C[C@H]2C)cc1. The van der Waals surface area contributed by atoms with Gasteiger partial charge >= 0.3 is 0 Å². The molecule has 8 heteroatoms. The Morgan fingerprint density at radius 1 is 1.10 bits per heavy atom. The van der Waals surface area contributed by atoms with Crippen molar-refractivity contribution < 1.29 is 17.6 Å². The van der Waals surface area contributed by atoms with Crippen LogP contribution in [0.3, 0.4) is 0 Å². The highest BCUT2D eigenvalue weighted by Crippen LogP contribution is 2.37. The van der Waals surface area contributed by atoms with Gasteiger partial charge < -0.3 is 5.32 Å². The number of halogens is 2. The summed E-state index contributed by atoms with van der Waals surface area (Å²) in [4.78, 5) is 12.9. The van der Waals surface area contributed by atoms with Crippen LogP contribution in [0.25, 0.3) is 0 Å². The molecule has 0 unspecified atom stereocenters. The number of carbonyl (C=O) groups is 1. The highest BCUT2D eigenvalue weighted by atomic mass is 79.9. The lowest BCUT2D eigenvalue weighted by Crippen LogP contribution is -2.35. The number of carbonyl (C=O) groups excluding carboxylic acids is 1. The van der Waals surface area contributed by atoms with Gasteiger partial charge in [-0.25, -0.2) is 12.8 Å². The van der Waals surface area contributed by atoms with Gasteiger partial charge in [0, 0.05) is 16.1 Å². The maximum atomic E-state index is 14.0. The molecule has 0 spiro atoms. The Morgan fingerprint density at radius 2 is 1.81 bits per heavy atom. The number of rotatable bonds is 4. The maximum Gasteiger partial charge on any atom is 0.264 e. The van der Waals surface area contributed by atoms with E-state index in [1.165, 1.54) is 16.4 Å². The minimum atomic E-state index is -3.73. The summed E-state index contributed by atoms with van der Waals surface area (Å²) >= 11 is 3.18. The number of benzene rings is 3. The van der Waals surface area contributed by atoms with E-state index in [0.717, 1.165) is 11.1 Å². The van der Waals surface area contributed by atoms with Crippen molar-refractivity contribution in [2.75, 3.05) is 9.62 Å². The molecule has 4 rings (SSSR count). The molecule has 5 nitrogen and oxygen atoms in total. The minimum Gasteiger partial charge on any atom is -0.319 e. The molecule has 3 aromatic rings. The number of amides is 1. The fraction of sp³-hybridized carbons (Fsp3) is 0.174. The molecule has 0 aromatic heterocycles. The van der Waals surface area contributed by atoms with E-state index in [-0.39, 0.29) is 16.6 Å². The molecule has 0 saturated carbocycles. The highest BCUT2D eigenvalue weighted by Gasteiger charge is 2.36. The number of nitrogens with one attached hydrogen (secondary N) is 1. The third kappa shape index (κ3) is 4.09. The summed E-state index contributed by atoms with van der Waals surface area (Å²) in [7, 11) is -3.73. The predicted molar refractivity (Wildman–Crippen MR) is 123 cm³/mol. The Morgan fingerprint density at radius 3 is 2.48 bits per heavy atom. The van der Waals surface area contributed by atoms with E-state index in [9.17, 15) is 17.6 Å². The van der Waals surface area contributed by atoms with Crippen molar-refractivity contribution in [3.8, 4) is 0 Å². The van der Waals surface area contributed by atoms with Crippen LogP contribution in [0.1, 0.15) is 28.4 Å². The first-order chi connectivity index (χ1) is 14.7. The largest absolute Gasteiger partial charge is 0.319 e. The van der Waals surface area contributed by atoms with Crippen molar-refractivity contribution in [1.29, 1.82) is 0 Å². The molecule has 1 amide bonds. The van der Waals surface area contributed by atoms with Crippen LogP contribution in [-0.4, -0.2) is 20.4 Å². The molecule has 0 aliphatic carbocycles. The van der Waals surface area contributed by atoms with E-state index in [4.69, 9.17) is 0 Å². The van der Waals surface area contributed by atoms with E-state index < -0.39 is 21.7 Å². The zero-order chi connectivity index (χ0) is 22.3. The summed E-state index contributed by atoms with van der Waals surface area (Å²) in [6.45, 7) is 3.74. The molecular formula is C23H20BrFN2O3S. The fourth-order valence-corrected chi connectivity index (χ4v) is 5.75. The standard InChI is InChI=1S/C23H20BrFN2O3S/c1-14-3-7-19(8-4-14)31(29,30)27-15(2)11-17-12-16(5-10-22(17)27)23(28)26-21-9-6-18(24)13-20(21)25/h3-10,12-13,15H,11H2,1-2H3,(H,26,28)/t15-/m1/s1. The first-order valence-corrected chi connectivity index (χ1v) is 11.9. The summed E-state index contributed by atoms with van der Waals surface area (Å²) in [6.07, 6.45) is 0.480. The van der Waals surface area contributed by atoms with Crippen LogP contribution in [0, 0.1) is 12.7 Å². The van der Waals surface area contributed by atoms with Gasteiger partial charge in [0.25, 0.3) is 15.9 Å². The normalized spacial score (nSPS) is 15.6. The molecule has 160 valence electrons. The summed E-state index contributed by atoms with van der Waals surface area (Å²) in [5, 5.41) is 2.56. The monoisotopic (exact) mass is 502 g/mol. The first kappa shape index (κ1) is 21.5. The van der Waals surface area contributed by atoms with Gasteiger partial charge in [-0.15, -0.1) is 0 Å². The first-order valence-electron chi connectivity index (χ1n) is 9.67. The minimum absolute atomic E-state index is 0.0747. The Balaban J connectivity index is 1.63. The van der Waals surface area contributed by atoms with Crippen molar-refractivity contribution >= 4 is 43.2 Å².